The molecular weight excluding hydrogens is 272 g/mol. The summed E-state index contributed by atoms with van der Waals surface area (Å²) in [7, 11) is -3.86. The monoisotopic (exact) mass is 286 g/mol. The molecule has 0 amide bonds. The molecular formula is C10H14N4O2S2. The van der Waals surface area contributed by atoms with Crippen molar-refractivity contribution >= 4 is 21.4 Å². The zero-order valence-electron chi connectivity index (χ0n) is 10.1. The summed E-state index contributed by atoms with van der Waals surface area (Å²) >= 11 is 1.48. The summed E-state index contributed by atoms with van der Waals surface area (Å²) in [6.07, 6.45) is 0. The van der Waals surface area contributed by atoms with Gasteiger partial charge >= 0.3 is 0 Å². The molecule has 0 aliphatic carbocycles. The molecule has 0 bridgehead atoms. The molecule has 0 unspecified atom stereocenters. The van der Waals surface area contributed by atoms with Crippen molar-refractivity contribution in [3.05, 3.63) is 17.5 Å². The average Bonchev–Trinajstić information content (AvgIpc) is 2.81. The number of primary sulfonamides is 1. The van der Waals surface area contributed by atoms with Gasteiger partial charge in [0.15, 0.2) is 5.82 Å². The molecule has 0 radical (unpaired) electrons. The summed E-state index contributed by atoms with van der Waals surface area (Å²) in [6, 6.07) is 3.75. The molecule has 2 N–H and O–H groups in total. The number of rotatable bonds is 4. The van der Waals surface area contributed by atoms with E-state index < -0.39 is 10.0 Å². The predicted octanol–water partition coefficient (Wildman–Crippen LogP) is 1.31. The molecule has 0 spiro atoms. The smallest absolute Gasteiger partial charge is 0.273 e. The third kappa shape index (κ3) is 2.60. The van der Waals surface area contributed by atoms with E-state index >= 15 is 0 Å². The second-order valence-corrected chi connectivity index (χ2v) is 6.74. The summed E-state index contributed by atoms with van der Waals surface area (Å²) < 4.78 is 24.5. The normalized spacial score (nSPS) is 12.2. The molecule has 0 saturated heterocycles. The second-order valence-electron chi connectivity index (χ2n) is 4.33. The minimum Gasteiger partial charge on any atom is -0.296 e. The SMILES string of the molecule is CC(C)Cn1c(-c2cccs2)nnc1S(N)(=O)=O. The van der Waals surface area contributed by atoms with Crippen molar-refractivity contribution in [3.8, 4) is 10.7 Å². The van der Waals surface area contributed by atoms with Crippen molar-refractivity contribution in [1.29, 1.82) is 0 Å². The molecule has 0 aliphatic heterocycles. The summed E-state index contributed by atoms with van der Waals surface area (Å²) in [5.74, 6) is 0.808. The van der Waals surface area contributed by atoms with Crippen molar-refractivity contribution in [1.82, 2.24) is 14.8 Å². The van der Waals surface area contributed by atoms with Gasteiger partial charge in [-0.05, 0) is 17.4 Å². The van der Waals surface area contributed by atoms with Crippen molar-refractivity contribution in [2.24, 2.45) is 11.1 Å². The van der Waals surface area contributed by atoms with Crippen LogP contribution in [-0.4, -0.2) is 23.2 Å². The van der Waals surface area contributed by atoms with Crippen LogP contribution in [0.3, 0.4) is 0 Å². The Kier molecular flexibility index (Phi) is 3.51. The average molecular weight is 286 g/mol. The first-order valence-corrected chi connectivity index (χ1v) is 7.82. The lowest BCUT2D eigenvalue weighted by Crippen LogP contribution is -2.20. The van der Waals surface area contributed by atoms with E-state index in [-0.39, 0.29) is 11.1 Å². The van der Waals surface area contributed by atoms with Crippen molar-refractivity contribution < 1.29 is 8.42 Å². The first-order valence-electron chi connectivity index (χ1n) is 5.39. The van der Waals surface area contributed by atoms with Gasteiger partial charge in [-0.1, -0.05) is 19.9 Å². The summed E-state index contributed by atoms with van der Waals surface area (Å²) in [6.45, 7) is 4.49. The Morgan fingerprint density at radius 3 is 2.67 bits per heavy atom. The molecule has 2 aromatic heterocycles. The van der Waals surface area contributed by atoms with Crippen LogP contribution in [0.4, 0.5) is 0 Å². The topological polar surface area (TPSA) is 90.9 Å². The molecule has 2 heterocycles. The highest BCUT2D eigenvalue weighted by molar-refractivity contribution is 7.89. The van der Waals surface area contributed by atoms with Gasteiger partial charge in [-0.15, -0.1) is 21.5 Å². The van der Waals surface area contributed by atoms with Gasteiger partial charge in [0, 0.05) is 6.54 Å². The van der Waals surface area contributed by atoms with Crippen LogP contribution in [0.25, 0.3) is 10.7 Å². The maximum Gasteiger partial charge on any atom is 0.273 e. The number of hydrogen-bond donors (Lipinski definition) is 1. The number of nitrogens with zero attached hydrogens (tertiary/aromatic N) is 3. The Bertz CT molecular complexity index is 629. The van der Waals surface area contributed by atoms with Gasteiger partial charge in [0.1, 0.15) is 0 Å². The third-order valence-electron chi connectivity index (χ3n) is 2.26. The van der Waals surface area contributed by atoms with E-state index in [1.165, 1.54) is 11.3 Å². The van der Waals surface area contributed by atoms with Crippen LogP contribution in [0.2, 0.25) is 0 Å². The predicted molar refractivity (Wildman–Crippen MR) is 69.5 cm³/mol. The lowest BCUT2D eigenvalue weighted by atomic mass is 10.2. The standard InChI is InChI=1S/C10H14N4O2S2/c1-7(2)6-14-9(8-4-3-5-17-8)12-13-10(14)18(11,15)16/h3-5,7H,6H2,1-2H3,(H2,11,15,16). The zero-order chi connectivity index (χ0) is 13.3. The maximum absolute atomic E-state index is 11.5. The Hall–Kier alpha value is -1.25. The van der Waals surface area contributed by atoms with Crippen LogP contribution < -0.4 is 5.14 Å². The molecule has 0 aromatic carbocycles. The molecule has 0 saturated carbocycles. The number of thiophene rings is 1. The van der Waals surface area contributed by atoms with Gasteiger partial charge in [0.05, 0.1) is 4.88 Å². The van der Waals surface area contributed by atoms with Crippen LogP contribution in [0.15, 0.2) is 22.7 Å². The summed E-state index contributed by atoms with van der Waals surface area (Å²) in [5, 5.41) is 14.5. The highest BCUT2D eigenvalue weighted by Gasteiger charge is 2.22. The first kappa shape index (κ1) is 13.2. The number of nitrogens with two attached hydrogens (primary N) is 1. The van der Waals surface area contributed by atoms with E-state index in [9.17, 15) is 8.42 Å². The molecule has 0 aliphatic rings. The fraction of sp³-hybridized carbons (Fsp3) is 0.400. The Morgan fingerprint density at radius 2 is 2.17 bits per heavy atom. The molecule has 2 rings (SSSR count). The van der Waals surface area contributed by atoms with Crippen LogP contribution >= 0.6 is 11.3 Å². The van der Waals surface area contributed by atoms with E-state index in [0.717, 1.165) is 4.88 Å². The lowest BCUT2D eigenvalue weighted by Gasteiger charge is -2.10. The van der Waals surface area contributed by atoms with E-state index in [2.05, 4.69) is 10.2 Å². The number of aromatic nitrogens is 3. The Balaban J connectivity index is 2.58. The van der Waals surface area contributed by atoms with Gasteiger partial charge in [-0.3, -0.25) is 4.57 Å². The van der Waals surface area contributed by atoms with Gasteiger partial charge in [-0.2, -0.15) is 0 Å². The van der Waals surface area contributed by atoms with E-state index in [0.29, 0.717) is 12.4 Å². The van der Waals surface area contributed by atoms with Crippen molar-refractivity contribution in [3.63, 3.8) is 0 Å². The maximum atomic E-state index is 11.5. The minimum absolute atomic E-state index is 0.181. The van der Waals surface area contributed by atoms with Crippen molar-refractivity contribution in [2.45, 2.75) is 25.5 Å². The first-order chi connectivity index (χ1) is 8.39. The largest absolute Gasteiger partial charge is 0.296 e. The van der Waals surface area contributed by atoms with Gasteiger partial charge in [0.25, 0.3) is 15.2 Å². The number of sulfonamides is 1. The molecule has 18 heavy (non-hydrogen) atoms. The van der Waals surface area contributed by atoms with Gasteiger partial charge in [0.2, 0.25) is 0 Å². The van der Waals surface area contributed by atoms with Gasteiger partial charge < -0.3 is 0 Å². The van der Waals surface area contributed by atoms with Gasteiger partial charge in [-0.25, -0.2) is 13.6 Å². The van der Waals surface area contributed by atoms with Crippen molar-refractivity contribution in [2.75, 3.05) is 0 Å². The summed E-state index contributed by atoms with van der Waals surface area (Å²) in [5.41, 5.74) is 0. The highest BCUT2D eigenvalue weighted by Crippen LogP contribution is 2.25. The summed E-state index contributed by atoms with van der Waals surface area (Å²) in [4.78, 5) is 0.873. The van der Waals surface area contributed by atoms with E-state index in [1.54, 1.807) is 4.57 Å². The Labute approximate surface area is 110 Å². The van der Waals surface area contributed by atoms with Crippen LogP contribution in [0.5, 0.6) is 0 Å². The second kappa shape index (κ2) is 4.79. The van der Waals surface area contributed by atoms with Crippen LogP contribution in [0.1, 0.15) is 13.8 Å². The van der Waals surface area contributed by atoms with Crippen LogP contribution in [0, 0.1) is 5.92 Å². The number of hydrogen-bond acceptors (Lipinski definition) is 5. The highest BCUT2D eigenvalue weighted by atomic mass is 32.2. The molecule has 98 valence electrons. The van der Waals surface area contributed by atoms with E-state index in [1.807, 2.05) is 31.4 Å². The molecule has 0 fully saturated rings. The molecule has 2 aromatic rings. The quantitative estimate of drug-likeness (QED) is 0.917. The third-order valence-corrected chi connectivity index (χ3v) is 3.94. The minimum atomic E-state index is -3.86. The zero-order valence-corrected chi connectivity index (χ0v) is 11.7. The van der Waals surface area contributed by atoms with Crippen LogP contribution in [-0.2, 0) is 16.6 Å². The van der Waals surface area contributed by atoms with E-state index in [4.69, 9.17) is 5.14 Å². The lowest BCUT2D eigenvalue weighted by molar-refractivity contribution is 0.486. The molecule has 8 heteroatoms. The fourth-order valence-corrected chi connectivity index (χ4v) is 2.96. The molecule has 6 nitrogen and oxygen atoms in total. The fourth-order valence-electron chi connectivity index (χ4n) is 1.62. The Morgan fingerprint density at radius 1 is 1.44 bits per heavy atom. The molecule has 0 atom stereocenters.